The molecule has 0 heterocycles. The van der Waals surface area contributed by atoms with Crippen LogP contribution < -0.4 is 4.74 Å². The summed E-state index contributed by atoms with van der Waals surface area (Å²) in [6.07, 6.45) is 0.255. The lowest BCUT2D eigenvalue weighted by atomic mass is 9.77. The zero-order valence-electron chi connectivity index (χ0n) is 14.5. The number of fused-ring (bicyclic) bond motifs is 2. The zero-order valence-corrected chi connectivity index (χ0v) is 15.4. The van der Waals surface area contributed by atoms with Gasteiger partial charge in [0.15, 0.2) is 5.12 Å². The smallest absolute Gasteiger partial charge is 0.298 e. The van der Waals surface area contributed by atoms with E-state index in [9.17, 15) is 9.59 Å². The molecule has 3 aromatic rings. The molecule has 0 radical (unpaired) electrons. The van der Waals surface area contributed by atoms with Crippen molar-refractivity contribution < 1.29 is 14.3 Å². The summed E-state index contributed by atoms with van der Waals surface area (Å²) in [5.41, 5.74) is 1.35. The molecule has 0 saturated carbocycles. The van der Waals surface area contributed by atoms with Gasteiger partial charge in [0, 0.05) is 22.8 Å². The predicted molar refractivity (Wildman–Crippen MR) is 105 cm³/mol. The average molecular weight is 352 g/mol. The molecule has 0 fully saturated rings. The first-order valence-corrected chi connectivity index (χ1v) is 8.57. The fourth-order valence-electron chi connectivity index (χ4n) is 3.67. The van der Waals surface area contributed by atoms with Crippen LogP contribution >= 0.6 is 12.6 Å². The Bertz CT molecular complexity index is 989. The maximum atomic E-state index is 11.6. The van der Waals surface area contributed by atoms with Crippen LogP contribution in [0.4, 0.5) is 0 Å². The van der Waals surface area contributed by atoms with Crippen LogP contribution in [-0.4, -0.2) is 11.6 Å². The second kappa shape index (κ2) is 6.52. The van der Waals surface area contributed by atoms with Crippen LogP contribution in [0.1, 0.15) is 31.4 Å². The van der Waals surface area contributed by atoms with Gasteiger partial charge in [0.25, 0.3) is 6.47 Å². The van der Waals surface area contributed by atoms with Gasteiger partial charge in [0.05, 0.1) is 0 Å². The molecular formula is C21H20O3S. The highest BCUT2D eigenvalue weighted by Crippen LogP contribution is 2.43. The average Bonchev–Trinajstić information content (AvgIpc) is 2.52. The van der Waals surface area contributed by atoms with Gasteiger partial charge in [0.2, 0.25) is 0 Å². The molecule has 4 heteroatoms. The molecule has 128 valence electrons. The van der Waals surface area contributed by atoms with Crippen molar-refractivity contribution in [2.45, 2.75) is 32.6 Å². The number of hydrogen-bond acceptors (Lipinski definition) is 3. The van der Waals surface area contributed by atoms with Crippen LogP contribution in [-0.2, 0) is 15.0 Å². The van der Waals surface area contributed by atoms with Gasteiger partial charge in [-0.2, -0.15) is 0 Å². The van der Waals surface area contributed by atoms with E-state index in [1.54, 1.807) is 0 Å². The van der Waals surface area contributed by atoms with Crippen molar-refractivity contribution >= 4 is 45.8 Å². The third-order valence-corrected chi connectivity index (χ3v) is 4.75. The Morgan fingerprint density at radius 1 is 1.12 bits per heavy atom. The lowest BCUT2D eigenvalue weighted by Gasteiger charge is -2.28. The van der Waals surface area contributed by atoms with Crippen molar-refractivity contribution in [1.82, 2.24) is 0 Å². The van der Waals surface area contributed by atoms with Crippen LogP contribution in [0, 0.1) is 6.92 Å². The highest BCUT2D eigenvalue weighted by Gasteiger charge is 2.30. The van der Waals surface area contributed by atoms with Crippen LogP contribution in [0.15, 0.2) is 42.5 Å². The van der Waals surface area contributed by atoms with E-state index in [0.29, 0.717) is 12.2 Å². The number of benzene rings is 3. The molecule has 3 aromatic carbocycles. The first-order valence-electron chi connectivity index (χ1n) is 8.12. The Kier molecular flexibility index (Phi) is 4.56. The van der Waals surface area contributed by atoms with Crippen molar-refractivity contribution in [3.05, 3.63) is 53.6 Å². The molecule has 3 nitrogen and oxygen atoms in total. The Hall–Kier alpha value is -2.33. The van der Waals surface area contributed by atoms with E-state index in [1.165, 1.54) is 0 Å². The molecule has 0 N–H and O–H groups in total. The van der Waals surface area contributed by atoms with Gasteiger partial charge in [-0.15, -0.1) is 12.6 Å². The van der Waals surface area contributed by atoms with Crippen molar-refractivity contribution in [3.63, 3.8) is 0 Å². The van der Waals surface area contributed by atoms with Crippen LogP contribution in [0.3, 0.4) is 0 Å². The van der Waals surface area contributed by atoms with Gasteiger partial charge in [-0.25, -0.2) is 0 Å². The minimum atomic E-state index is -0.499. The maximum Gasteiger partial charge on any atom is 0.298 e. The molecule has 0 atom stereocenters. The lowest BCUT2D eigenvalue weighted by molar-refractivity contribution is -0.120. The second-order valence-electron chi connectivity index (χ2n) is 6.99. The highest BCUT2D eigenvalue weighted by atomic mass is 32.1. The third kappa shape index (κ3) is 3.27. The van der Waals surface area contributed by atoms with E-state index in [4.69, 9.17) is 4.74 Å². The van der Waals surface area contributed by atoms with E-state index >= 15 is 0 Å². The van der Waals surface area contributed by atoms with Crippen molar-refractivity contribution in [2.24, 2.45) is 0 Å². The quantitative estimate of drug-likeness (QED) is 0.401. The van der Waals surface area contributed by atoms with E-state index in [1.807, 2.05) is 45.0 Å². The van der Waals surface area contributed by atoms with Gasteiger partial charge in [-0.3, -0.25) is 9.59 Å². The Balaban J connectivity index is 2.38. The minimum Gasteiger partial charge on any atom is -0.428 e. The SMILES string of the molecule is Cc1cc2cc3ccccc3cc2c(OC=O)c1C(C)(C)CC(=O)S. The Morgan fingerprint density at radius 3 is 2.36 bits per heavy atom. The summed E-state index contributed by atoms with van der Waals surface area (Å²) in [5.74, 6) is 0.523. The van der Waals surface area contributed by atoms with E-state index < -0.39 is 5.41 Å². The molecular weight excluding hydrogens is 332 g/mol. The molecule has 0 aliphatic carbocycles. The van der Waals surface area contributed by atoms with Crippen molar-refractivity contribution in [1.29, 1.82) is 0 Å². The van der Waals surface area contributed by atoms with Crippen molar-refractivity contribution in [2.75, 3.05) is 0 Å². The molecule has 0 spiro atoms. The molecule has 0 aliphatic heterocycles. The number of aryl methyl sites for hydroxylation is 1. The lowest BCUT2D eigenvalue weighted by Crippen LogP contribution is -2.22. The molecule has 0 aromatic heterocycles. The molecule has 25 heavy (non-hydrogen) atoms. The van der Waals surface area contributed by atoms with Gasteiger partial charge >= 0.3 is 0 Å². The van der Waals surface area contributed by atoms with Gasteiger partial charge in [0.1, 0.15) is 5.75 Å². The fraction of sp³-hybridized carbons (Fsp3) is 0.238. The predicted octanol–water partition coefficient (Wildman–Crippen LogP) is 4.96. The number of thiol groups is 1. The largest absolute Gasteiger partial charge is 0.428 e. The highest BCUT2D eigenvalue weighted by molar-refractivity contribution is 7.96. The summed E-state index contributed by atoms with van der Waals surface area (Å²) in [7, 11) is 0. The normalized spacial score (nSPS) is 11.7. The molecule has 0 saturated heterocycles. The van der Waals surface area contributed by atoms with Crippen LogP contribution in [0.2, 0.25) is 0 Å². The summed E-state index contributed by atoms with van der Waals surface area (Å²) < 4.78 is 5.43. The number of carbonyl (C=O) groups is 2. The standard InChI is InChI=1S/C21H20O3S/c1-13-8-16-9-14-6-4-5-7-15(14)10-17(16)20(24-12-22)19(13)21(2,3)11-18(23)25/h4-10,12H,11H2,1-3H3,(H,23,25). The van der Waals surface area contributed by atoms with Crippen LogP contribution in [0.25, 0.3) is 21.5 Å². The van der Waals surface area contributed by atoms with Gasteiger partial charge < -0.3 is 4.74 Å². The summed E-state index contributed by atoms with van der Waals surface area (Å²) in [5, 5.41) is 3.88. The Morgan fingerprint density at radius 2 is 1.76 bits per heavy atom. The molecule has 0 unspecified atom stereocenters. The van der Waals surface area contributed by atoms with Gasteiger partial charge in [-0.05, 0) is 40.8 Å². The molecule has 0 bridgehead atoms. The number of rotatable bonds is 5. The summed E-state index contributed by atoms with van der Waals surface area (Å²) in [6, 6.07) is 14.3. The first kappa shape index (κ1) is 17.5. The van der Waals surface area contributed by atoms with Crippen molar-refractivity contribution in [3.8, 4) is 5.75 Å². The number of hydrogen-bond donors (Lipinski definition) is 1. The first-order chi connectivity index (χ1) is 11.8. The van der Waals surface area contributed by atoms with E-state index in [2.05, 4.69) is 30.8 Å². The molecule has 3 rings (SSSR count). The van der Waals surface area contributed by atoms with E-state index in [-0.39, 0.29) is 11.5 Å². The summed E-state index contributed by atoms with van der Waals surface area (Å²) >= 11 is 3.93. The Labute approximate surface area is 152 Å². The summed E-state index contributed by atoms with van der Waals surface area (Å²) in [6.45, 7) is 6.36. The topological polar surface area (TPSA) is 43.4 Å². The third-order valence-electron chi connectivity index (χ3n) is 4.59. The zero-order chi connectivity index (χ0) is 18.2. The van der Waals surface area contributed by atoms with Crippen LogP contribution in [0.5, 0.6) is 5.75 Å². The minimum absolute atomic E-state index is 0.194. The van der Waals surface area contributed by atoms with Gasteiger partial charge in [-0.1, -0.05) is 44.2 Å². The number of carbonyl (C=O) groups excluding carboxylic acids is 2. The second-order valence-corrected chi connectivity index (χ2v) is 7.49. The summed E-state index contributed by atoms with van der Waals surface area (Å²) in [4.78, 5) is 22.8. The molecule has 0 aliphatic rings. The van der Waals surface area contributed by atoms with E-state index in [0.717, 1.165) is 32.7 Å². The monoisotopic (exact) mass is 352 g/mol. The molecule has 0 amide bonds. The maximum absolute atomic E-state index is 11.6. The number of ether oxygens (including phenoxy) is 1. The fourth-order valence-corrected chi connectivity index (χ4v) is 4.07.